The van der Waals surface area contributed by atoms with Crippen LogP contribution in [0.1, 0.15) is 23.3 Å². The standard InChI is InChI=1S/C9H12O2S/c1-7-4-3-5-9(6-7)8(2)12(10)11/h3-6,8,12H,1-2H3/t8-/m1/s1. The number of benzene rings is 1. The Labute approximate surface area is 74.2 Å². The van der Waals surface area contributed by atoms with Crippen molar-refractivity contribution in [3.63, 3.8) is 0 Å². The van der Waals surface area contributed by atoms with Crippen LogP contribution in [0.25, 0.3) is 0 Å². The predicted molar refractivity (Wildman–Crippen MR) is 49.9 cm³/mol. The topological polar surface area (TPSA) is 34.1 Å². The quantitative estimate of drug-likeness (QED) is 0.709. The largest absolute Gasteiger partial charge is 0.231 e. The molecule has 0 fully saturated rings. The van der Waals surface area contributed by atoms with E-state index in [0.717, 1.165) is 11.1 Å². The maximum atomic E-state index is 10.6. The van der Waals surface area contributed by atoms with Gasteiger partial charge < -0.3 is 0 Å². The van der Waals surface area contributed by atoms with Crippen molar-refractivity contribution in [2.75, 3.05) is 0 Å². The fourth-order valence-electron chi connectivity index (χ4n) is 1.05. The number of aryl methyl sites for hydroxylation is 1. The Morgan fingerprint density at radius 1 is 1.33 bits per heavy atom. The van der Waals surface area contributed by atoms with Crippen LogP contribution < -0.4 is 0 Å². The second-order valence-electron chi connectivity index (χ2n) is 2.88. The monoisotopic (exact) mass is 184 g/mol. The molecule has 2 nitrogen and oxygen atoms in total. The zero-order valence-corrected chi connectivity index (χ0v) is 8.04. The molecule has 3 heteroatoms. The highest BCUT2D eigenvalue weighted by atomic mass is 32.2. The van der Waals surface area contributed by atoms with Crippen molar-refractivity contribution in [1.82, 2.24) is 0 Å². The van der Waals surface area contributed by atoms with Crippen LogP contribution in [-0.2, 0) is 10.7 Å². The summed E-state index contributed by atoms with van der Waals surface area (Å²) >= 11 is 0. The van der Waals surface area contributed by atoms with Crippen molar-refractivity contribution >= 4 is 10.7 Å². The number of hydrogen-bond donors (Lipinski definition) is 1. The van der Waals surface area contributed by atoms with Gasteiger partial charge in [0.15, 0.2) is 0 Å². The summed E-state index contributed by atoms with van der Waals surface area (Å²) in [6, 6.07) is 7.56. The molecule has 0 N–H and O–H groups in total. The van der Waals surface area contributed by atoms with Gasteiger partial charge in [0, 0.05) is 0 Å². The lowest BCUT2D eigenvalue weighted by atomic mass is 10.1. The van der Waals surface area contributed by atoms with Gasteiger partial charge in [-0.25, -0.2) is 8.42 Å². The molecule has 0 aliphatic rings. The highest BCUT2D eigenvalue weighted by Crippen LogP contribution is 2.16. The van der Waals surface area contributed by atoms with Gasteiger partial charge in [0.2, 0.25) is 0 Å². The summed E-state index contributed by atoms with van der Waals surface area (Å²) in [6.45, 7) is 3.65. The average molecular weight is 184 g/mol. The molecule has 0 radical (unpaired) electrons. The second-order valence-corrected chi connectivity index (χ2v) is 4.22. The first-order valence-corrected chi connectivity index (χ1v) is 5.06. The van der Waals surface area contributed by atoms with Gasteiger partial charge >= 0.3 is 0 Å². The molecule has 0 aliphatic carbocycles. The lowest BCUT2D eigenvalue weighted by molar-refractivity contribution is 0.606. The van der Waals surface area contributed by atoms with Gasteiger partial charge in [0.25, 0.3) is 0 Å². The number of thiol groups is 1. The molecule has 1 aromatic rings. The van der Waals surface area contributed by atoms with E-state index in [1.165, 1.54) is 0 Å². The third-order valence-corrected chi connectivity index (χ3v) is 2.77. The van der Waals surface area contributed by atoms with Crippen molar-refractivity contribution < 1.29 is 8.42 Å². The predicted octanol–water partition coefficient (Wildman–Crippen LogP) is 1.67. The molecule has 0 saturated heterocycles. The minimum Gasteiger partial charge on any atom is -0.231 e. The molecule has 0 bridgehead atoms. The average Bonchev–Trinajstić information content (AvgIpc) is 2.03. The van der Waals surface area contributed by atoms with E-state index in [0.29, 0.717) is 0 Å². The maximum Gasteiger partial charge on any atom is 0.146 e. The molecule has 66 valence electrons. The number of hydrogen-bond acceptors (Lipinski definition) is 2. The highest BCUT2D eigenvalue weighted by molar-refractivity contribution is 7.72. The van der Waals surface area contributed by atoms with Gasteiger partial charge in [0.05, 0.1) is 5.25 Å². The fourth-order valence-corrected chi connectivity index (χ4v) is 1.46. The van der Waals surface area contributed by atoms with Crippen molar-refractivity contribution in [2.45, 2.75) is 19.1 Å². The van der Waals surface area contributed by atoms with Crippen LogP contribution >= 0.6 is 0 Å². The Morgan fingerprint density at radius 3 is 2.50 bits per heavy atom. The molecule has 1 atom stereocenters. The highest BCUT2D eigenvalue weighted by Gasteiger charge is 2.06. The van der Waals surface area contributed by atoms with Gasteiger partial charge in [-0.05, 0) is 19.4 Å². The Kier molecular flexibility index (Phi) is 2.87. The fraction of sp³-hybridized carbons (Fsp3) is 0.333. The molecular weight excluding hydrogens is 172 g/mol. The van der Waals surface area contributed by atoms with Crippen molar-refractivity contribution in [3.05, 3.63) is 35.4 Å². The number of rotatable bonds is 2. The van der Waals surface area contributed by atoms with Crippen molar-refractivity contribution in [2.24, 2.45) is 0 Å². The minimum atomic E-state index is -2.35. The molecule has 0 aromatic heterocycles. The van der Waals surface area contributed by atoms with Crippen LogP contribution in [0.15, 0.2) is 24.3 Å². The Bertz CT molecular complexity index is 334. The lowest BCUT2D eigenvalue weighted by Crippen LogP contribution is -1.94. The Balaban J connectivity index is 3.03. The maximum absolute atomic E-state index is 10.6. The van der Waals surface area contributed by atoms with Crippen molar-refractivity contribution in [3.8, 4) is 0 Å². The molecule has 0 saturated carbocycles. The van der Waals surface area contributed by atoms with Crippen LogP contribution in [0.5, 0.6) is 0 Å². The van der Waals surface area contributed by atoms with Gasteiger partial charge in [-0.2, -0.15) is 0 Å². The molecule has 0 unspecified atom stereocenters. The summed E-state index contributed by atoms with van der Waals surface area (Å²) in [4.78, 5) is 0. The van der Waals surface area contributed by atoms with E-state index >= 15 is 0 Å². The Hall–Kier alpha value is -0.830. The van der Waals surface area contributed by atoms with E-state index in [9.17, 15) is 8.42 Å². The molecule has 0 heterocycles. The first-order chi connectivity index (χ1) is 5.61. The van der Waals surface area contributed by atoms with Gasteiger partial charge in [-0.15, -0.1) is 0 Å². The van der Waals surface area contributed by atoms with Crippen LogP contribution in [0.3, 0.4) is 0 Å². The second kappa shape index (κ2) is 3.72. The van der Waals surface area contributed by atoms with Crippen molar-refractivity contribution in [1.29, 1.82) is 0 Å². The van der Waals surface area contributed by atoms with E-state index in [1.807, 2.05) is 31.2 Å². The van der Waals surface area contributed by atoms with Crippen LogP contribution in [0, 0.1) is 6.92 Å². The normalized spacial score (nSPS) is 13.2. The van der Waals surface area contributed by atoms with Crippen LogP contribution in [-0.4, -0.2) is 8.42 Å². The molecule has 1 rings (SSSR count). The van der Waals surface area contributed by atoms with E-state index < -0.39 is 10.7 Å². The van der Waals surface area contributed by atoms with Crippen LogP contribution in [0.4, 0.5) is 0 Å². The summed E-state index contributed by atoms with van der Waals surface area (Å²) in [7, 11) is -2.35. The molecule has 0 aliphatic heterocycles. The summed E-state index contributed by atoms with van der Waals surface area (Å²) in [6.07, 6.45) is 0. The molecular formula is C9H12O2S. The molecule has 1 aromatic carbocycles. The lowest BCUT2D eigenvalue weighted by Gasteiger charge is -2.04. The third kappa shape index (κ3) is 2.08. The summed E-state index contributed by atoms with van der Waals surface area (Å²) in [5.41, 5.74) is 1.96. The minimum absolute atomic E-state index is 0.375. The van der Waals surface area contributed by atoms with Crippen LogP contribution in [0.2, 0.25) is 0 Å². The summed E-state index contributed by atoms with van der Waals surface area (Å²) in [5.74, 6) is 0. The third-order valence-electron chi connectivity index (χ3n) is 1.84. The van der Waals surface area contributed by atoms with E-state index in [-0.39, 0.29) is 5.25 Å². The molecule has 12 heavy (non-hydrogen) atoms. The molecule has 0 spiro atoms. The zero-order valence-electron chi connectivity index (χ0n) is 7.15. The van der Waals surface area contributed by atoms with Gasteiger partial charge in [0.1, 0.15) is 10.7 Å². The van der Waals surface area contributed by atoms with Gasteiger partial charge in [-0.1, -0.05) is 29.8 Å². The Morgan fingerprint density at radius 2 is 2.00 bits per heavy atom. The summed E-state index contributed by atoms with van der Waals surface area (Å²) in [5, 5.41) is -0.375. The zero-order chi connectivity index (χ0) is 9.14. The molecule has 0 amide bonds. The first-order valence-electron chi connectivity index (χ1n) is 3.81. The SMILES string of the molecule is Cc1cccc([C@@H](C)[SH](=O)=O)c1. The van der Waals surface area contributed by atoms with E-state index in [1.54, 1.807) is 6.92 Å². The summed E-state index contributed by atoms with van der Waals surface area (Å²) < 4.78 is 21.3. The van der Waals surface area contributed by atoms with E-state index in [2.05, 4.69) is 0 Å². The van der Waals surface area contributed by atoms with E-state index in [4.69, 9.17) is 0 Å². The smallest absolute Gasteiger partial charge is 0.146 e. The van der Waals surface area contributed by atoms with Gasteiger partial charge in [-0.3, -0.25) is 0 Å². The first kappa shape index (κ1) is 9.26.